The Balaban J connectivity index is 3.12. The third kappa shape index (κ3) is 1.94. The quantitative estimate of drug-likeness (QED) is 0.710. The highest BCUT2D eigenvalue weighted by atomic mass is 19.1. The number of carboxylic acid groups (broad SMARTS) is 1. The zero-order valence-corrected chi connectivity index (χ0v) is 7.27. The van der Waals surface area contributed by atoms with E-state index in [-0.39, 0.29) is 0 Å². The summed E-state index contributed by atoms with van der Waals surface area (Å²) in [5, 5.41) is 8.50. The Morgan fingerprint density at radius 1 is 1.79 bits per heavy atom. The van der Waals surface area contributed by atoms with Crippen molar-refractivity contribution in [2.75, 3.05) is 0 Å². The highest BCUT2D eigenvalue weighted by Gasteiger charge is 2.13. The van der Waals surface area contributed by atoms with Crippen LogP contribution < -0.4 is 5.73 Å². The summed E-state index contributed by atoms with van der Waals surface area (Å²) in [5.74, 6) is -2.30. The molecule has 0 aliphatic carbocycles. The average Bonchev–Trinajstić information content (AvgIpc) is 2.15. The van der Waals surface area contributed by atoms with Crippen molar-refractivity contribution in [1.29, 1.82) is 0 Å². The molecule has 0 aliphatic heterocycles. The molecule has 3 N–H and O–H groups in total. The third-order valence-electron chi connectivity index (χ3n) is 1.70. The number of aromatic nitrogens is 1. The standard InChI is InChI=1S/C9H9FN2O2/c1-2-7(11)5-3-6(10)8(9(13)14)12-4-5/h2-4,7H,1,11H2,(H,13,14)/t7-/m0/s1. The number of carbonyl (C=O) groups is 1. The largest absolute Gasteiger partial charge is 0.476 e. The van der Waals surface area contributed by atoms with Crippen LogP contribution in [-0.4, -0.2) is 16.1 Å². The van der Waals surface area contributed by atoms with Crippen molar-refractivity contribution < 1.29 is 14.3 Å². The van der Waals surface area contributed by atoms with Gasteiger partial charge in [-0.15, -0.1) is 6.58 Å². The first kappa shape index (κ1) is 10.3. The molecule has 4 nitrogen and oxygen atoms in total. The highest BCUT2D eigenvalue weighted by Crippen LogP contribution is 2.13. The maximum atomic E-state index is 13.1. The van der Waals surface area contributed by atoms with Gasteiger partial charge in [-0.25, -0.2) is 14.2 Å². The molecule has 0 amide bonds. The average molecular weight is 196 g/mol. The van der Waals surface area contributed by atoms with Gasteiger partial charge in [0.25, 0.3) is 0 Å². The van der Waals surface area contributed by atoms with Gasteiger partial charge in [0.15, 0.2) is 11.5 Å². The van der Waals surface area contributed by atoms with Gasteiger partial charge in [-0.1, -0.05) is 6.08 Å². The highest BCUT2D eigenvalue weighted by molar-refractivity contribution is 5.85. The number of halogens is 1. The van der Waals surface area contributed by atoms with Crippen LogP contribution in [0.1, 0.15) is 22.1 Å². The van der Waals surface area contributed by atoms with E-state index in [2.05, 4.69) is 11.6 Å². The smallest absolute Gasteiger partial charge is 0.357 e. The van der Waals surface area contributed by atoms with E-state index in [0.717, 1.165) is 6.07 Å². The Morgan fingerprint density at radius 3 is 2.86 bits per heavy atom. The fourth-order valence-electron chi connectivity index (χ4n) is 0.928. The normalized spacial score (nSPS) is 12.1. The predicted molar refractivity (Wildman–Crippen MR) is 48.3 cm³/mol. The lowest BCUT2D eigenvalue weighted by molar-refractivity contribution is 0.0685. The monoisotopic (exact) mass is 196 g/mol. The van der Waals surface area contributed by atoms with Crippen LogP contribution in [0.2, 0.25) is 0 Å². The number of hydrogen-bond acceptors (Lipinski definition) is 3. The molecule has 1 rings (SSSR count). The number of aromatic carboxylic acids is 1. The molecular weight excluding hydrogens is 187 g/mol. The van der Waals surface area contributed by atoms with Gasteiger partial charge in [-0.2, -0.15) is 0 Å². The lowest BCUT2D eigenvalue weighted by Crippen LogP contribution is -2.10. The van der Waals surface area contributed by atoms with E-state index in [1.54, 1.807) is 0 Å². The van der Waals surface area contributed by atoms with Crippen molar-refractivity contribution in [3.63, 3.8) is 0 Å². The molecule has 0 fully saturated rings. The summed E-state index contributed by atoms with van der Waals surface area (Å²) >= 11 is 0. The van der Waals surface area contributed by atoms with Crippen LogP contribution in [-0.2, 0) is 0 Å². The van der Waals surface area contributed by atoms with Crippen molar-refractivity contribution in [1.82, 2.24) is 4.98 Å². The van der Waals surface area contributed by atoms with E-state index in [1.807, 2.05) is 0 Å². The zero-order valence-electron chi connectivity index (χ0n) is 7.27. The van der Waals surface area contributed by atoms with Crippen LogP contribution in [0.3, 0.4) is 0 Å². The van der Waals surface area contributed by atoms with Gasteiger partial charge in [-0.05, 0) is 11.6 Å². The summed E-state index contributed by atoms with van der Waals surface area (Å²) in [6.45, 7) is 3.43. The maximum absolute atomic E-state index is 13.1. The molecule has 1 heterocycles. The van der Waals surface area contributed by atoms with Gasteiger partial charge in [0, 0.05) is 12.2 Å². The van der Waals surface area contributed by atoms with E-state index in [4.69, 9.17) is 10.8 Å². The lowest BCUT2D eigenvalue weighted by atomic mass is 10.1. The summed E-state index contributed by atoms with van der Waals surface area (Å²) in [6.07, 6.45) is 2.63. The molecule has 0 radical (unpaired) electrons. The molecule has 0 aliphatic rings. The molecule has 0 saturated heterocycles. The fourth-order valence-corrected chi connectivity index (χ4v) is 0.928. The van der Waals surface area contributed by atoms with Crippen molar-refractivity contribution in [2.45, 2.75) is 6.04 Å². The number of rotatable bonds is 3. The molecule has 0 spiro atoms. The minimum Gasteiger partial charge on any atom is -0.476 e. The van der Waals surface area contributed by atoms with Crippen LogP contribution in [0.4, 0.5) is 4.39 Å². The summed E-state index contributed by atoms with van der Waals surface area (Å²) < 4.78 is 13.1. The van der Waals surface area contributed by atoms with Gasteiger partial charge >= 0.3 is 5.97 Å². The first-order valence-corrected chi connectivity index (χ1v) is 3.83. The minimum atomic E-state index is -1.40. The number of hydrogen-bond donors (Lipinski definition) is 2. The second-order valence-electron chi connectivity index (χ2n) is 2.67. The molecule has 1 aromatic rings. The van der Waals surface area contributed by atoms with E-state index < -0.39 is 23.5 Å². The van der Waals surface area contributed by atoms with Crippen LogP contribution in [0, 0.1) is 5.82 Å². The molecule has 1 atom stereocenters. The Morgan fingerprint density at radius 2 is 2.43 bits per heavy atom. The van der Waals surface area contributed by atoms with E-state index in [0.29, 0.717) is 5.56 Å². The first-order chi connectivity index (χ1) is 6.56. The SMILES string of the molecule is C=C[C@H](N)c1cnc(C(=O)O)c(F)c1. The lowest BCUT2D eigenvalue weighted by Gasteiger charge is -2.06. The van der Waals surface area contributed by atoms with E-state index >= 15 is 0 Å². The molecular formula is C9H9FN2O2. The predicted octanol–water partition coefficient (Wildman–Crippen LogP) is 1.10. The van der Waals surface area contributed by atoms with Crippen molar-refractivity contribution in [3.05, 3.63) is 42.0 Å². The molecule has 0 bridgehead atoms. The Labute approximate surface area is 79.9 Å². The molecule has 74 valence electrons. The molecule has 14 heavy (non-hydrogen) atoms. The molecule has 0 aromatic carbocycles. The van der Waals surface area contributed by atoms with Crippen LogP contribution in [0.5, 0.6) is 0 Å². The van der Waals surface area contributed by atoms with Gasteiger partial charge in [-0.3, -0.25) is 0 Å². The summed E-state index contributed by atoms with van der Waals surface area (Å²) in [4.78, 5) is 13.9. The topological polar surface area (TPSA) is 76.2 Å². The minimum absolute atomic E-state index is 0.391. The van der Waals surface area contributed by atoms with E-state index in [9.17, 15) is 9.18 Å². The Kier molecular flexibility index (Phi) is 2.93. The van der Waals surface area contributed by atoms with Crippen molar-refractivity contribution in [3.8, 4) is 0 Å². The van der Waals surface area contributed by atoms with Gasteiger partial charge in [0.1, 0.15) is 0 Å². The summed E-state index contributed by atoms with van der Waals surface area (Å²) in [7, 11) is 0. The third-order valence-corrected chi connectivity index (χ3v) is 1.70. The van der Waals surface area contributed by atoms with E-state index in [1.165, 1.54) is 12.3 Å². The number of nitrogens with zero attached hydrogens (tertiary/aromatic N) is 1. The van der Waals surface area contributed by atoms with Crippen LogP contribution in [0.15, 0.2) is 24.9 Å². The summed E-state index contributed by atoms with van der Waals surface area (Å²) in [6, 6.07) is 0.503. The first-order valence-electron chi connectivity index (χ1n) is 3.83. The fraction of sp³-hybridized carbons (Fsp3) is 0.111. The number of nitrogens with two attached hydrogens (primary N) is 1. The molecule has 5 heteroatoms. The summed E-state index contributed by atoms with van der Waals surface area (Å²) in [5.41, 5.74) is 5.30. The second kappa shape index (κ2) is 3.97. The number of carboxylic acids is 1. The van der Waals surface area contributed by atoms with Gasteiger partial charge < -0.3 is 10.8 Å². The molecule has 0 saturated carbocycles. The zero-order chi connectivity index (χ0) is 10.7. The van der Waals surface area contributed by atoms with Gasteiger partial charge in [0.2, 0.25) is 0 Å². The van der Waals surface area contributed by atoms with Crippen LogP contribution >= 0.6 is 0 Å². The molecule has 0 unspecified atom stereocenters. The van der Waals surface area contributed by atoms with Crippen molar-refractivity contribution in [2.24, 2.45) is 5.73 Å². The van der Waals surface area contributed by atoms with Gasteiger partial charge in [0.05, 0.1) is 0 Å². The van der Waals surface area contributed by atoms with Crippen molar-refractivity contribution >= 4 is 5.97 Å². The Hall–Kier alpha value is -1.75. The maximum Gasteiger partial charge on any atom is 0.357 e. The molecule has 1 aromatic heterocycles. The second-order valence-corrected chi connectivity index (χ2v) is 2.67. The Bertz CT molecular complexity index is 379. The number of pyridine rings is 1. The van der Waals surface area contributed by atoms with Crippen LogP contribution in [0.25, 0.3) is 0 Å².